The Morgan fingerprint density at radius 2 is 1.10 bits per heavy atom. The molecule has 0 aliphatic heterocycles. The molecule has 31 heavy (non-hydrogen) atoms. The molecule has 0 aliphatic carbocycles. The van der Waals surface area contributed by atoms with E-state index in [9.17, 15) is 15.0 Å². The van der Waals surface area contributed by atoms with Gasteiger partial charge in [0.1, 0.15) is 12.5 Å². The zero-order valence-electron chi connectivity index (χ0n) is 20.7. The van der Waals surface area contributed by atoms with Crippen molar-refractivity contribution in [2.24, 2.45) is 0 Å². The third-order valence-corrected chi connectivity index (χ3v) is 5.59. The van der Waals surface area contributed by atoms with Gasteiger partial charge in [0.2, 0.25) is 0 Å². The van der Waals surface area contributed by atoms with E-state index in [1.54, 1.807) is 0 Å². The predicted octanol–water partition coefficient (Wildman–Crippen LogP) is 7.02. The summed E-state index contributed by atoms with van der Waals surface area (Å²) in [6, 6.07) is 0. The standard InChI is InChI=1S/C26H51NO4/c1-4-5-6-7-8-9-10-11-12-13-14-15-16-17-18-19-20-21-22-23-26(30)31-27(24(2)28)25(3)29/h11-12,24-25,28-29H,4-10,13-23H2,1-3H3/b12-11-. The van der Waals surface area contributed by atoms with Gasteiger partial charge < -0.3 is 15.1 Å². The van der Waals surface area contributed by atoms with Gasteiger partial charge in [0.15, 0.2) is 0 Å². The maximum Gasteiger partial charge on any atom is 0.325 e. The predicted molar refractivity (Wildman–Crippen MR) is 129 cm³/mol. The number of carbonyl (C=O) groups is 1. The Hall–Kier alpha value is -0.910. The second kappa shape index (κ2) is 22.3. The van der Waals surface area contributed by atoms with Gasteiger partial charge in [0, 0.05) is 6.42 Å². The number of carbonyl (C=O) groups excluding carboxylic acids is 1. The van der Waals surface area contributed by atoms with Crippen LogP contribution in [0.15, 0.2) is 12.2 Å². The number of aliphatic hydroxyl groups excluding tert-OH is 2. The molecular formula is C26H51NO4. The number of rotatable bonds is 22. The Morgan fingerprint density at radius 1 is 0.710 bits per heavy atom. The highest BCUT2D eigenvalue weighted by atomic mass is 16.7. The lowest BCUT2D eigenvalue weighted by Gasteiger charge is -2.25. The number of nitrogens with zero attached hydrogens (tertiary/aromatic N) is 1. The van der Waals surface area contributed by atoms with E-state index >= 15 is 0 Å². The quantitative estimate of drug-likeness (QED) is 0.0817. The fourth-order valence-corrected chi connectivity index (χ4v) is 3.68. The summed E-state index contributed by atoms with van der Waals surface area (Å²) < 4.78 is 0. The first-order valence-electron chi connectivity index (χ1n) is 13.0. The van der Waals surface area contributed by atoms with Gasteiger partial charge in [-0.15, -0.1) is 0 Å². The van der Waals surface area contributed by atoms with Gasteiger partial charge >= 0.3 is 5.97 Å². The minimum absolute atomic E-state index is 0.322. The van der Waals surface area contributed by atoms with E-state index in [1.165, 1.54) is 104 Å². The highest BCUT2D eigenvalue weighted by molar-refractivity contribution is 5.68. The molecule has 5 nitrogen and oxygen atoms in total. The maximum atomic E-state index is 11.8. The number of aliphatic hydroxyl groups is 2. The minimum atomic E-state index is -1.02. The van der Waals surface area contributed by atoms with Crippen LogP contribution in [0.4, 0.5) is 0 Å². The molecule has 0 saturated heterocycles. The molecule has 0 bridgehead atoms. The van der Waals surface area contributed by atoms with Crippen LogP contribution >= 0.6 is 0 Å². The number of hydrogen-bond acceptors (Lipinski definition) is 5. The number of unbranched alkanes of at least 4 members (excludes halogenated alkanes) is 15. The van der Waals surface area contributed by atoms with E-state index in [1.807, 2.05) is 0 Å². The van der Waals surface area contributed by atoms with Gasteiger partial charge in [-0.1, -0.05) is 101 Å². The van der Waals surface area contributed by atoms with Gasteiger partial charge in [-0.05, 0) is 46.0 Å². The van der Waals surface area contributed by atoms with Crippen molar-refractivity contribution in [3.05, 3.63) is 12.2 Å². The molecule has 0 heterocycles. The lowest BCUT2D eigenvalue weighted by atomic mass is 10.1. The molecule has 0 aromatic rings. The van der Waals surface area contributed by atoms with Crippen molar-refractivity contribution in [1.82, 2.24) is 5.06 Å². The first-order valence-corrected chi connectivity index (χ1v) is 13.0. The summed E-state index contributed by atoms with van der Waals surface area (Å²) in [5, 5.41) is 19.8. The largest absolute Gasteiger partial charge is 0.375 e. The topological polar surface area (TPSA) is 70.0 Å². The zero-order valence-corrected chi connectivity index (χ0v) is 20.7. The van der Waals surface area contributed by atoms with E-state index < -0.39 is 18.4 Å². The second-order valence-corrected chi connectivity index (χ2v) is 8.84. The summed E-state index contributed by atoms with van der Waals surface area (Å²) in [4.78, 5) is 16.8. The van der Waals surface area contributed by atoms with Crippen LogP contribution in [0.2, 0.25) is 0 Å². The Labute approximate surface area is 192 Å². The number of allylic oxidation sites excluding steroid dienone is 2. The van der Waals surface area contributed by atoms with E-state index in [4.69, 9.17) is 4.84 Å². The van der Waals surface area contributed by atoms with Crippen molar-refractivity contribution in [2.45, 2.75) is 149 Å². The molecule has 0 radical (unpaired) electrons. The van der Waals surface area contributed by atoms with Gasteiger partial charge in [-0.25, -0.2) is 0 Å². The third kappa shape index (κ3) is 20.7. The van der Waals surface area contributed by atoms with Crippen LogP contribution < -0.4 is 0 Å². The number of hydrogen-bond donors (Lipinski definition) is 2. The number of hydroxylamine groups is 2. The Kier molecular flexibility index (Phi) is 21.6. The minimum Gasteiger partial charge on any atom is -0.375 e. The molecule has 0 fully saturated rings. The molecule has 0 amide bonds. The average molecular weight is 442 g/mol. The first-order chi connectivity index (χ1) is 15.0. The van der Waals surface area contributed by atoms with Crippen LogP contribution in [0.25, 0.3) is 0 Å². The van der Waals surface area contributed by atoms with Crippen molar-refractivity contribution in [2.75, 3.05) is 0 Å². The summed E-state index contributed by atoms with van der Waals surface area (Å²) in [5.74, 6) is -0.400. The summed E-state index contributed by atoms with van der Waals surface area (Å²) in [5.41, 5.74) is 0. The van der Waals surface area contributed by atoms with Crippen molar-refractivity contribution in [3.63, 3.8) is 0 Å². The maximum absolute atomic E-state index is 11.8. The van der Waals surface area contributed by atoms with E-state index in [2.05, 4.69) is 19.1 Å². The van der Waals surface area contributed by atoms with Crippen LogP contribution in [-0.4, -0.2) is 33.7 Å². The Bertz CT molecular complexity index is 416. The monoisotopic (exact) mass is 441 g/mol. The van der Waals surface area contributed by atoms with Crippen LogP contribution in [-0.2, 0) is 9.63 Å². The summed E-state index contributed by atoms with van der Waals surface area (Å²) in [7, 11) is 0. The highest BCUT2D eigenvalue weighted by Gasteiger charge is 2.20. The lowest BCUT2D eigenvalue weighted by molar-refractivity contribution is -0.276. The van der Waals surface area contributed by atoms with Crippen molar-refractivity contribution in [1.29, 1.82) is 0 Å². The van der Waals surface area contributed by atoms with Crippen LogP contribution in [0.5, 0.6) is 0 Å². The summed E-state index contributed by atoms with van der Waals surface area (Å²) in [6.45, 7) is 5.17. The van der Waals surface area contributed by atoms with Gasteiger partial charge in [0.05, 0.1) is 0 Å². The van der Waals surface area contributed by atoms with Crippen LogP contribution in [0.1, 0.15) is 136 Å². The lowest BCUT2D eigenvalue weighted by Crippen LogP contribution is -2.41. The molecule has 0 aromatic heterocycles. The second-order valence-electron chi connectivity index (χ2n) is 8.84. The van der Waals surface area contributed by atoms with E-state index in [0.717, 1.165) is 24.3 Å². The molecule has 0 saturated carbocycles. The molecule has 2 N–H and O–H groups in total. The highest BCUT2D eigenvalue weighted by Crippen LogP contribution is 2.13. The molecule has 2 atom stereocenters. The van der Waals surface area contributed by atoms with E-state index in [-0.39, 0.29) is 0 Å². The zero-order chi connectivity index (χ0) is 23.2. The molecular weight excluding hydrogens is 390 g/mol. The van der Waals surface area contributed by atoms with Crippen LogP contribution in [0, 0.1) is 0 Å². The Balaban J connectivity index is 3.34. The molecule has 5 heteroatoms. The SMILES string of the molecule is CCCCCCCC/C=C\CCCCCCCCCCCC(=O)ON(C(C)O)C(C)O. The molecule has 0 rings (SSSR count). The van der Waals surface area contributed by atoms with Gasteiger partial charge in [-0.2, -0.15) is 0 Å². The van der Waals surface area contributed by atoms with Gasteiger partial charge in [-0.3, -0.25) is 4.79 Å². The third-order valence-electron chi connectivity index (χ3n) is 5.59. The molecule has 0 spiro atoms. The average Bonchev–Trinajstić information content (AvgIpc) is 2.73. The molecule has 0 aliphatic rings. The van der Waals surface area contributed by atoms with E-state index in [0.29, 0.717) is 6.42 Å². The summed E-state index contributed by atoms with van der Waals surface area (Å²) >= 11 is 0. The van der Waals surface area contributed by atoms with Crippen molar-refractivity contribution in [3.8, 4) is 0 Å². The van der Waals surface area contributed by atoms with Crippen molar-refractivity contribution < 1.29 is 19.8 Å². The fourth-order valence-electron chi connectivity index (χ4n) is 3.68. The van der Waals surface area contributed by atoms with Crippen molar-refractivity contribution >= 4 is 5.97 Å². The summed E-state index contributed by atoms with van der Waals surface area (Å²) in [6.07, 6.45) is 24.5. The molecule has 2 unspecified atom stereocenters. The molecule has 184 valence electrons. The fraction of sp³-hybridized carbons (Fsp3) is 0.885. The molecule has 0 aromatic carbocycles. The van der Waals surface area contributed by atoms with Crippen LogP contribution in [0.3, 0.4) is 0 Å². The first kappa shape index (κ1) is 30.1. The Morgan fingerprint density at radius 3 is 1.52 bits per heavy atom. The normalized spacial score (nSPS) is 13.7. The smallest absolute Gasteiger partial charge is 0.325 e. The van der Waals surface area contributed by atoms with Gasteiger partial charge in [0.25, 0.3) is 0 Å².